The fourth-order valence-electron chi connectivity index (χ4n) is 2.43. The normalized spacial score (nSPS) is 12.3. The Morgan fingerprint density at radius 1 is 1.00 bits per heavy atom. The molecule has 0 spiro atoms. The minimum atomic E-state index is -0.235. The third kappa shape index (κ3) is 3.79. The van der Waals surface area contributed by atoms with Crippen LogP contribution in [0, 0.1) is 19.7 Å². The molecule has 0 aliphatic rings. The highest BCUT2D eigenvalue weighted by Gasteiger charge is 2.14. The molecule has 0 N–H and O–H groups in total. The van der Waals surface area contributed by atoms with Crippen molar-refractivity contribution in [3.8, 4) is 11.5 Å². The first-order chi connectivity index (χ1) is 11.0. The Bertz CT molecular complexity index is 794. The lowest BCUT2D eigenvalue weighted by Crippen LogP contribution is -1.88. The first-order valence-electron chi connectivity index (χ1n) is 7.35. The maximum absolute atomic E-state index is 13.0. The summed E-state index contributed by atoms with van der Waals surface area (Å²) >= 11 is 1.46. The summed E-state index contributed by atoms with van der Waals surface area (Å²) in [6, 6.07) is 12.6. The smallest absolute Gasteiger partial charge is 0.277 e. The second-order valence-corrected chi connectivity index (χ2v) is 6.85. The van der Waals surface area contributed by atoms with E-state index in [1.165, 1.54) is 23.9 Å². The minimum absolute atomic E-state index is 0.100. The number of rotatable bonds is 4. The quantitative estimate of drug-likeness (QED) is 0.606. The zero-order valence-electron chi connectivity index (χ0n) is 13.2. The van der Waals surface area contributed by atoms with Gasteiger partial charge in [-0.25, -0.2) is 4.39 Å². The van der Waals surface area contributed by atoms with Gasteiger partial charge in [-0.1, -0.05) is 41.1 Å². The molecule has 0 bridgehead atoms. The van der Waals surface area contributed by atoms with E-state index in [0.29, 0.717) is 11.1 Å². The summed E-state index contributed by atoms with van der Waals surface area (Å²) in [5.74, 6) is 0.284. The zero-order chi connectivity index (χ0) is 16.4. The van der Waals surface area contributed by atoms with E-state index in [1.54, 1.807) is 12.1 Å². The molecule has 1 atom stereocenters. The molecule has 3 nitrogen and oxygen atoms in total. The molecular weight excluding hydrogens is 311 g/mol. The number of nitrogens with zero attached hydrogens (tertiary/aromatic N) is 2. The van der Waals surface area contributed by atoms with E-state index in [0.717, 1.165) is 22.3 Å². The van der Waals surface area contributed by atoms with Gasteiger partial charge in [0.05, 0.1) is 0 Å². The van der Waals surface area contributed by atoms with E-state index in [-0.39, 0.29) is 11.1 Å². The van der Waals surface area contributed by atoms with Crippen LogP contribution in [0.15, 0.2) is 52.1 Å². The number of halogens is 1. The van der Waals surface area contributed by atoms with Crippen LogP contribution in [0.25, 0.3) is 11.5 Å². The summed E-state index contributed by atoms with van der Waals surface area (Å²) in [7, 11) is 0. The number of aromatic nitrogens is 2. The molecule has 2 aromatic carbocycles. The molecule has 3 rings (SSSR count). The standard InChI is InChI=1S/C18H17FN2OS/c1-11-8-12(2)10-15(9-11)17-20-21-18(22-17)23-13(3)14-4-6-16(19)7-5-14/h4-10,13H,1-3H3/t13-/m1/s1. The van der Waals surface area contributed by atoms with Crippen LogP contribution in [-0.4, -0.2) is 10.2 Å². The van der Waals surface area contributed by atoms with Crippen molar-refractivity contribution >= 4 is 11.8 Å². The average molecular weight is 328 g/mol. The monoisotopic (exact) mass is 328 g/mol. The molecule has 0 saturated carbocycles. The van der Waals surface area contributed by atoms with E-state index in [9.17, 15) is 4.39 Å². The zero-order valence-corrected chi connectivity index (χ0v) is 14.0. The largest absolute Gasteiger partial charge is 0.411 e. The second kappa shape index (κ2) is 6.54. The van der Waals surface area contributed by atoms with Gasteiger partial charge in [-0.3, -0.25) is 0 Å². The Labute approximate surface area is 138 Å². The van der Waals surface area contributed by atoms with Crippen molar-refractivity contribution in [1.82, 2.24) is 10.2 Å². The van der Waals surface area contributed by atoms with Crippen LogP contribution in [0.4, 0.5) is 4.39 Å². The molecule has 3 aromatic rings. The number of aryl methyl sites for hydroxylation is 2. The van der Waals surface area contributed by atoms with Gasteiger partial charge in [0.15, 0.2) is 0 Å². The van der Waals surface area contributed by atoms with Gasteiger partial charge in [0, 0.05) is 10.8 Å². The highest BCUT2D eigenvalue weighted by molar-refractivity contribution is 7.99. The lowest BCUT2D eigenvalue weighted by molar-refractivity contribution is 0.465. The summed E-state index contributed by atoms with van der Waals surface area (Å²) < 4.78 is 18.7. The van der Waals surface area contributed by atoms with Crippen molar-refractivity contribution in [2.45, 2.75) is 31.2 Å². The molecule has 1 aromatic heterocycles. The molecular formula is C18H17FN2OS. The number of benzene rings is 2. The maximum atomic E-state index is 13.0. The molecule has 1 heterocycles. The van der Waals surface area contributed by atoms with E-state index in [2.05, 4.69) is 16.3 Å². The molecule has 0 aliphatic carbocycles. The molecule has 23 heavy (non-hydrogen) atoms. The molecule has 5 heteroatoms. The Balaban J connectivity index is 1.77. The fraction of sp³-hybridized carbons (Fsp3) is 0.222. The van der Waals surface area contributed by atoms with Gasteiger partial charge in [-0.05, 0) is 50.6 Å². The van der Waals surface area contributed by atoms with Gasteiger partial charge in [0.1, 0.15) is 5.82 Å². The lowest BCUT2D eigenvalue weighted by atomic mass is 10.1. The predicted octanol–water partition coefficient (Wildman–Crippen LogP) is 5.35. The summed E-state index contributed by atoms with van der Waals surface area (Å²) in [5.41, 5.74) is 4.26. The van der Waals surface area contributed by atoms with Crippen molar-refractivity contribution in [3.05, 3.63) is 65.0 Å². The maximum Gasteiger partial charge on any atom is 0.277 e. The Morgan fingerprint density at radius 3 is 2.30 bits per heavy atom. The van der Waals surface area contributed by atoms with Gasteiger partial charge in [0.25, 0.3) is 5.22 Å². The van der Waals surface area contributed by atoms with Gasteiger partial charge < -0.3 is 4.42 Å². The molecule has 0 unspecified atom stereocenters. The minimum Gasteiger partial charge on any atom is -0.411 e. The van der Waals surface area contributed by atoms with Crippen LogP contribution in [0.2, 0.25) is 0 Å². The first kappa shape index (κ1) is 15.7. The van der Waals surface area contributed by atoms with Crippen molar-refractivity contribution in [2.24, 2.45) is 0 Å². The van der Waals surface area contributed by atoms with Crippen LogP contribution in [0.1, 0.15) is 28.9 Å². The summed E-state index contributed by atoms with van der Waals surface area (Å²) in [4.78, 5) is 0. The first-order valence-corrected chi connectivity index (χ1v) is 8.23. The fourth-order valence-corrected chi connectivity index (χ4v) is 3.24. The van der Waals surface area contributed by atoms with Gasteiger partial charge >= 0.3 is 0 Å². The third-order valence-electron chi connectivity index (χ3n) is 3.49. The van der Waals surface area contributed by atoms with Crippen molar-refractivity contribution < 1.29 is 8.81 Å². The van der Waals surface area contributed by atoms with E-state index in [1.807, 2.05) is 32.9 Å². The van der Waals surface area contributed by atoms with E-state index in [4.69, 9.17) is 4.42 Å². The SMILES string of the molecule is Cc1cc(C)cc(-c2nnc(S[C@H](C)c3ccc(F)cc3)o2)c1. The second-order valence-electron chi connectivity index (χ2n) is 5.56. The summed E-state index contributed by atoms with van der Waals surface area (Å²) in [6.45, 7) is 6.11. The Kier molecular flexibility index (Phi) is 4.48. The highest BCUT2D eigenvalue weighted by Crippen LogP contribution is 2.35. The number of hydrogen-bond acceptors (Lipinski definition) is 4. The van der Waals surface area contributed by atoms with E-state index < -0.39 is 0 Å². The van der Waals surface area contributed by atoms with Gasteiger partial charge in [0.2, 0.25) is 5.89 Å². The van der Waals surface area contributed by atoms with Gasteiger partial charge in [-0.15, -0.1) is 10.2 Å². The van der Waals surface area contributed by atoms with Crippen LogP contribution in [-0.2, 0) is 0 Å². The van der Waals surface area contributed by atoms with Gasteiger partial charge in [-0.2, -0.15) is 0 Å². The molecule has 0 saturated heterocycles. The highest BCUT2D eigenvalue weighted by atomic mass is 32.2. The molecule has 118 valence electrons. The number of thioether (sulfide) groups is 1. The van der Waals surface area contributed by atoms with Crippen molar-refractivity contribution in [1.29, 1.82) is 0 Å². The Morgan fingerprint density at radius 2 is 1.65 bits per heavy atom. The molecule has 0 amide bonds. The van der Waals surface area contributed by atoms with Crippen molar-refractivity contribution in [3.63, 3.8) is 0 Å². The number of hydrogen-bond donors (Lipinski definition) is 0. The predicted molar refractivity (Wildman–Crippen MR) is 89.9 cm³/mol. The molecule has 0 radical (unpaired) electrons. The summed E-state index contributed by atoms with van der Waals surface area (Å²) in [6.07, 6.45) is 0. The van der Waals surface area contributed by atoms with Crippen LogP contribution >= 0.6 is 11.8 Å². The van der Waals surface area contributed by atoms with Crippen LogP contribution in [0.3, 0.4) is 0 Å². The molecule has 0 fully saturated rings. The lowest BCUT2D eigenvalue weighted by Gasteiger charge is -2.08. The topological polar surface area (TPSA) is 38.9 Å². The van der Waals surface area contributed by atoms with E-state index >= 15 is 0 Å². The Hall–Kier alpha value is -2.14. The van der Waals surface area contributed by atoms with Crippen LogP contribution in [0.5, 0.6) is 0 Å². The van der Waals surface area contributed by atoms with Crippen LogP contribution < -0.4 is 0 Å². The molecule has 0 aliphatic heterocycles. The average Bonchev–Trinajstić information content (AvgIpc) is 2.95. The summed E-state index contributed by atoms with van der Waals surface area (Å²) in [5, 5.41) is 8.85. The van der Waals surface area contributed by atoms with Crippen molar-refractivity contribution in [2.75, 3.05) is 0 Å². The third-order valence-corrected chi connectivity index (χ3v) is 4.48.